The van der Waals surface area contributed by atoms with Crippen LogP contribution < -0.4 is 10.5 Å². The lowest BCUT2D eigenvalue weighted by molar-refractivity contribution is 0.185. The van der Waals surface area contributed by atoms with Crippen LogP contribution in [-0.4, -0.2) is 19.2 Å². The van der Waals surface area contributed by atoms with Gasteiger partial charge in [0.05, 0.1) is 24.4 Å². The predicted molar refractivity (Wildman–Crippen MR) is 143 cm³/mol. The molecule has 0 aliphatic carbocycles. The number of methoxy groups -OCH3 is 2. The van der Waals surface area contributed by atoms with Crippen molar-refractivity contribution in [1.29, 1.82) is 0 Å². The highest BCUT2D eigenvalue weighted by Gasteiger charge is 2.18. The highest BCUT2D eigenvalue weighted by atomic mass is 35.5. The molecular formula is C28H33ClN2O2S. The van der Waals surface area contributed by atoms with Gasteiger partial charge in [-0.2, -0.15) is 0 Å². The zero-order valence-electron chi connectivity index (χ0n) is 20.6. The molecule has 0 saturated carbocycles. The Balaban J connectivity index is 1.85. The van der Waals surface area contributed by atoms with Crippen molar-refractivity contribution in [2.45, 2.75) is 58.6 Å². The van der Waals surface area contributed by atoms with Crippen LogP contribution in [0.4, 0.5) is 0 Å². The Bertz CT molecular complexity index is 1160. The summed E-state index contributed by atoms with van der Waals surface area (Å²) in [6.07, 6.45) is 3.25. The first-order chi connectivity index (χ1) is 16.4. The van der Waals surface area contributed by atoms with Crippen molar-refractivity contribution in [2.24, 2.45) is 5.73 Å². The number of hydrogen-bond donors (Lipinski definition) is 1. The summed E-state index contributed by atoms with van der Waals surface area (Å²) in [6.45, 7) is 6.85. The molecule has 180 valence electrons. The predicted octanol–water partition coefficient (Wildman–Crippen LogP) is 7.21. The van der Waals surface area contributed by atoms with Gasteiger partial charge < -0.3 is 15.2 Å². The van der Waals surface area contributed by atoms with E-state index in [4.69, 9.17) is 31.8 Å². The van der Waals surface area contributed by atoms with Crippen molar-refractivity contribution in [3.63, 3.8) is 0 Å². The minimum atomic E-state index is -0.451. The normalized spacial score (nSPS) is 12.7. The molecule has 1 heterocycles. The fourth-order valence-corrected chi connectivity index (χ4v) is 4.99. The lowest BCUT2D eigenvalue weighted by atomic mass is 9.93. The van der Waals surface area contributed by atoms with Crippen LogP contribution >= 0.6 is 22.9 Å². The summed E-state index contributed by atoms with van der Waals surface area (Å²) in [5, 5.41) is 1.41. The molecule has 2 aromatic carbocycles. The van der Waals surface area contributed by atoms with Crippen LogP contribution in [0.1, 0.15) is 64.7 Å². The highest BCUT2D eigenvalue weighted by molar-refractivity contribution is 7.12. The van der Waals surface area contributed by atoms with Gasteiger partial charge in [0.2, 0.25) is 0 Å². The number of nitrogens with two attached hydrogens (primary N) is 1. The van der Waals surface area contributed by atoms with Gasteiger partial charge in [-0.25, -0.2) is 4.98 Å². The van der Waals surface area contributed by atoms with Gasteiger partial charge in [0.25, 0.3) is 0 Å². The van der Waals surface area contributed by atoms with E-state index >= 15 is 0 Å². The Kier molecular flexibility index (Phi) is 9.55. The smallest absolute Gasteiger partial charge is 0.123 e. The topological polar surface area (TPSA) is 57.4 Å². The summed E-state index contributed by atoms with van der Waals surface area (Å²) in [5.74, 6) is 7.63. The van der Waals surface area contributed by atoms with Crippen molar-refractivity contribution in [2.75, 3.05) is 14.2 Å². The average Bonchev–Trinajstić information content (AvgIpc) is 3.22. The molecular weight excluding hydrogens is 464 g/mol. The number of rotatable bonds is 9. The van der Waals surface area contributed by atoms with Gasteiger partial charge in [0.1, 0.15) is 16.8 Å². The second-order valence-corrected chi connectivity index (χ2v) is 10.0. The number of halogens is 1. The molecule has 34 heavy (non-hydrogen) atoms. The van der Waals surface area contributed by atoms with Gasteiger partial charge in [-0.1, -0.05) is 67.5 Å². The molecule has 0 spiro atoms. The molecule has 0 fully saturated rings. The Morgan fingerprint density at radius 2 is 1.85 bits per heavy atom. The molecule has 1 aromatic heterocycles. The second kappa shape index (κ2) is 12.4. The number of ether oxygens (including phenoxy) is 2. The Hall–Kier alpha value is -2.36. The molecule has 6 heteroatoms. The van der Waals surface area contributed by atoms with E-state index in [1.54, 1.807) is 25.6 Å². The summed E-state index contributed by atoms with van der Waals surface area (Å²) in [4.78, 5) is 5.90. The third-order valence-electron chi connectivity index (χ3n) is 5.77. The van der Waals surface area contributed by atoms with Crippen LogP contribution in [0.2, 0.25) is 5.02 Å². The lowest BCUT2D eigenvalue weighted by Crippen LogP contribution is -2.08. The molecule has 3 rings (SSSR count). The Morgan fingerprint density at radius 3 is 2.50 bits per heavy atom. The number of aryl methyl sites for hydroxylation is 2. The molecule has 4 nitrogen and oxygen atoms in total. The molecule has 0 aliphatic heterocycles. The zero-order chi connectivity index (χ0) is 24.7. The van der Waals surface area contributed by atoms with Crippen molar-refractivity contribution in [3.05, 3.63) is 68.0 Å². The van der Waals surface area contributed by atoms with E-state index in [9.17, 15) is 0 Å². The monoisotopic (exact) mass is 496 g/mol. The number of benzene rings is 2. The number of unbranched alkanes of at least 4 members (excludes halogenated alkanes) is 1. The summed E-state index contributed by atoms with van der Waals surface area (Å²) >= 11 is 8.12. The van der Waals surface area contributed by atoms with Gasteiger partial charge in [-0.3, -0.25) is 0 Å². The third-order valence-corrected chi connectivity index (χ3v) is 7.14. The van der Waals surface area contributed by atoms with Crippen LogP contribution in [0, 0.1) is 25.7 Å². The quantitative estimate of drug-likeness (QED) is 0.318. The molecule has 0 radical (unpaired) electrons. The number of nitrogens with zero attached hydrogens (tertiary/aromatic N) is 1. The molecule has 0 amide bonds. The minimum absolute atomic E-state index is 0.141. The van der Waals surface area contributed by atoms with E-state index in [0.29, 0.717) is 11.6 Å². The van der Waals surface area contributed by atoms with Crippen molar-refractivity contribution in [1.82, 2.24) is 4.98 Å². The summed E-state index contributed by atoms with van der Waals surface area (Å²) in [7, 11) is 3.35. The van der Waals surface area contributed by atoms with E-state index in [-0.39, 0.29) is 5.92 Å². The largest absolute Gasteiger partial charge is 0.496 e. The number of thiazole rings is 1. The molecule has 2 atom stereocenters. The lowest BCUT2D eigenvalue weighted by Gasteiger charge is -2.12. The first kappa shape index (κ1) is 26.2. The van der Waals surface area contributed by atoms with Crippen molar-refractivity contribution < 1.29 is 9.47 Å². The van der Waals surface area contributed by atoms with E-state index in [1.807, 2.05) is 26.0 Å². The van der Waals surface area contributed by atoms with Crippen LogP contribution in [0.3, 0.4) is 0 Å². The number of aromatic nitrogens is 1. The molecule has 3 aromatic rings. The first-order valence-electron chi connectivity index (χ1n) is 11.5. The van der Waals surface area contributed by atoms with Crippen molar-refractivity contribution >= 4 is 22.9 Å². The van der Waals surface area contributed by atoms with Crippen LogP contribution in [0.5, 0.6) is 5.75 Å². The SMILES string of the molecule is CCCC[C@H](C#CC(N)c1nc(-c2cc(C)c(OC)cc2Cl)c(C)s1)c1ccc(COC)cc1. The molecule has 2 N–H and O–H groups in total. The third kappa shape index (κ3) is 6.40. The highest BCUT2D eigenvalue weighted by Crippen LogP contribution is 2.37. The first-order valence-corrected chi connectivity index (χ1v) is 12.7. The average molecular weight is 497 g/mol. The van der Waals surface area contributed by atoms with Crippen LogP contribution in [0.15, 0.2) is 36.4 Å². The molecule has 1 unspecified atom stereocenters. The Labute approximate surface area is 212 Å². The summed E-state index contributed by atoms with van der Waals surface area (Å²) < 4.78 is 10.6. The number of hydrogen-bond acceptors (Lipinski definition) is 5. The van der Waals surface area contributed by atoms with Gasteiger partial charge in [-0.05, 0) is 49.1 Å². The summed E-state index contributed by atoms with van der Waals surface area (Å²) in [5.41, 5.74) is 11.6. The maximum absolute atomic E-state index is 6.54. The van der Waals surface area contributed by atoms with E-state index in [1.165, 1.54) is 5.56 Å². The van der Waals surface area contributed by atoms with E-state index < -0.39 is 6.04 Å². The molecule has 0 bridgehead atoms. The van der Waals surface area contributed by atoms with Crippen LogP contribution in [0.25, 0.3) is 11.3 Å². The second-order valence-electron chi connectivity index (χ2n) is 8.39. The maximum atomic E-state index is 6.54. The van der Waals surface area contributed by atoms with E-state index in [0.717, 1.165) is 57.3 Å². The van der Waals surface area contributed by atoms with Gasteiger partial charge in [0.15, 0.2) is 0 Å². The van der Waals surface area contributed by atoms with Gasteiger partial charge >= 0.3 is 0 Å². The fourth-order valence-electron chi connectivity index (χ4n) is 3.86. The Morgan fingerprint density at radius 1 is 1.12 bits per heavy atom. The van der Waals surface area contributed by atoms with E-state index in [2.05, 4.69) is 43.0 Å². The zero-order valence-corrected chi connectivity index (χ0v) is 22.1. The van der Waals surface area contributed by atoms with Crippen LogP contribution in [-0.2, 0) is 11.3 Å². The minimum Gasteiger partial charge on any atom is -0.496 e. The molecule has 0 saturated heterocycles. The molecule has 0 aliphatic rings. The maximum Gasteiger partial charge on any atom is 0.123 e. The fraction of sp³-hybridized carbons (Fsp3) is 0.393. The summed E-state index contributed by atoms with van der Waals surface area (Å²) in [6, 6.07) is 11.9. The standard InChI is InChI=1S/C28H33ClN2O2S/c1-6-7-8-21(22-11-9-20(10-12-22)17-32-4)13-14-25(30)28-31-27(19(3)34-28)23-15-18(2)26(33-5)16-24(23)29/h9-12,15-16,21,25H,6-8,17,30H2,1-5H3/t21-,25?/m1/s1. The van der Waals surface area contributed by atoms with Gasteiger partial charge in [-0.15, -0.1) is 11.3 Å². The van der Waals surface area contributed by atoms with Crippen molar-refractivity contribution in [3.8, 4) is 28.8 Å². The van der Waals surface area contributed by atoms with Gasteiger partial charge in [0, 0.05) is 23.5 Å².